The summed E-state index contributed by atoms with van der Waals surface area (Å²) >= 11 is 0. The van der Waals surface area contributed by atoms with Crippen molar-refractivity contribution in [3.8, 4) is 0 Å². The molecule has 0 bridgehead atoms. The van der Waals surface area contributed by atoms with Crippen molar-refractivity contribution in [3.05, 3.63) is 12.2 Å². The molecule has 4 saturated carbocycles. The zero-order valence-electron chi connectivity index (χ0n) is 20.1. The van der Waals surface area contributed by atoms with Crippen LogP contribution >= 0.6 is 0 Å². The minimum atomic E-state index is -4.20. The van der Waals surface area contributed by atoms with Crippen LogP contribution in [0, 0.1) is 51.8 Å². The first-order valence-electron chi connectivity index (χ1n) is 12.7. The van der Waals surface area contributed by atoms with Gasteiger partial charge in [-0.05, 0) is 118 Å². The third kappa shape index (κ3) is 3.81. The third-order valence-corrected chi connectivity index (χ3v) is 10.9. The molecule has 9 atom stereocenters. The van der Waals surface area contributed by atoms with Gasteiger partial charge in [-0.25, -0.2) is 0 Å². The Kier molecular flexibility index (Phi) is 5.93. The summed E-state index contributed by atoms with van der Waals surface area (Å²) in [5.74, 6) is 3.59. The molecule has 1 nitrogen and oxygen atoms in total. The normalized spacial score (nSPS) is 47.0. The van der Waals surface area contributed by atoms with Gasteiger partial charge in [-0.2, -0.15) is 13.2 Å². The van der Waals surface area contributed by atoms with E-state index in [1.165, 1.54) is 58.4 Å². The summed E-state index contributed by atoms with van der Waals surface area (Å²) in [6.45, 7) is 9.68. The van der Waals surface area contributed by atoms with Gasteiger partial charge in [-0.3, -0.25) is 0 Å². The van der Waals surface area contributed by atoms with E-state index in [1.807, 2.05) is 6.08 Å². The van der Waals surface area contributed by atoms with E-state index < -0.39 is 11.6 Å². The van der Waals surface area contributed by atoms with Crippen LogP contribution in [0.2, 0.25) is 0 Å². The van der Waals surface area contributed by atoms with E-state index in [0.717, 1.165) is 31.1 Å². The first-order chi connectivity index (χ1) is 14.3. The van der Waals surface area contributed by atoms with E-state index in [4.69, 9.17) is 0 Å². The summed E-state index contributed by atoms with van der Waals surface area (Å²) in [6.07, 6.45) is 9.51. The average Bonchev–Trinajstić information content (AvgIpc) is 3.03. The summed E-state index contributed by atoms with van der Waals surface area (Å²) in [7, 11) is 0. The molecule has 4 rings (SSSR count). The van der Waals surface area contributed by atoms with Crippen molar-refractivity contribution in [3.63, 3.8) is 0 Å². The number of aliphatic hydroxyl groups is 1. The largest absolute Gasteiger partial charge is 0.397 e. The average molecular weight is 441 g/mol. The fourth-order valence-electron chi connectivity index (χ4n) is 8.76. The van der Waals surface area contributed by atoms with E-state index in [9.17, 15) is 18.3 Å². The summed E-state index contributed by atoms with van der Waals surface area (Å²) in [5.41, 5.74) is -1.13. The Hall–Kier alpha value is -0.510. The molecule has 5 unspecified atom stereocenters. The highest BCUT2D eigenvalue weighted by atomic mass is 19.4. The maximum atomic E-state index is 13.3. The molecule has 31 heavy (non-hydrogen) atoms. The SMILES string of the molecule is CC(/C=C/C(C)(C)C(F)(F)F)C1CCC2C3CC[C@@H]4C[C@H](O)CC[C@]4(C)C3CC[C@]12C. The van der Waals surface area contributed by atoms with Crippen molar-refractivity contribution in [1.29, 1.82) is 0 Å². The van der Waals surface area contributed by atoms with Crippen LogP contribution in [0.3, 0.4) is 0 Å². The maximum Gasteiger partial charge on any atom is 0.397 e. The molecule has 0 spiro atoms. The lowest BCUT2D eigenvalue weighted by atomic mass is 9.44. The van der Waals surface area contributed by atoms with E-state index in [2.05, 4.69) is 20.8 Å². The van der Waals surface area contributed by atoms with Gasteiger partial charge in [0.15, 0.2) is 0 Å². The van der Waals surface area contributed by atoms with Crippen LogP contribution in [-0.4, -0.2) is 17.4 Å². The van der Waals surface area contributed by atoms with Crippen molar-refractivity contribution < 1.29 is 18.3 Å². The molecule has 4 aliphatic carbocycles. The highest BCUT2D eigenvalue weighted by Gasteiger charge is 2.60. The highest BCUT2D eigenvalue weighted by molar-refractivity contribution is 5.12. The lowest BCUT2D eigenvalue weighted by Crippen LogP contribution is -2.54. The number of hydrogen-bond donors (Lipinski definition) is 1. The predicted molar refractivity (Wildman–Crippen MR) is 119 cm³/mol. The molecule has 0 heterocycles. The van der Waals surface area contributed by atoms with Crippen molar-refractivity contribution >= 4 is 0 Å². The van der Waals surface area contributed by atoms with Gasteiger partial charge in [-0.15, -0.1) is 0 Å². The summed E-state index contributed by atoms with van der Waals surface area (Å²) in [5, 5.41) is 10.2. The highest BCUT2D eigenvalue weighted by Crippen LogP contribution is 2.68. The Labute approximate surface area is 187 Å². The van der Waals surface area contributed by atoms with Crippen molar-refractivity contribution in [1.82, 2.24) is 0 Å². The van der Waals surface area contributed by atoms with Crippen molar-refractivity contribution in [2.75, 3.05) is 0 Å². The molecule has 0 aromatic heterocycles. The zero-order valence-corrected chi connectivity index (χ0v) is 20.1. The first-order valence-corrected chi connectivity index (χ1v) is 12.7. The fraction of sp³-hybridized carbons (Fsp3) is 0.926. The second-order valence-corrected chi connectivity index (χ2v) is 12.8. The lowest BCUT2D eigenvalue weighted by Gasteiger charge is -2.61. The number of aliphatic hydroxyl groups excluding tert-OH is 1. The molecule has 0 saturated heterocycles. The smallest absolute Gasteiger partial charge is 0.393 e. The van der Waals surface area contributed by atoms with Crippen LogP contribution in [0.25, 0.3) is 0 Å². The van der Waals surface area contributed by atoms with Crippen LogP contribution in [0.1, 0.15) is 92.4 Å². The number of fused-ring (bicyclic) bond motifs is 5. The van der Waals surface area contributed by atoms with E-state index in [1.54, 1.807) is 0 Å². The molecule has 1 N–H and O–H groups in total. The Morgan fingerprint density at radius 3 is 2.23 bits per heavy atom. The standard InChI is InChI=1S/C27H43F3O/c1-17(10-13-24(2,3)27(28,29)30)21-8-9-22-20-7-6-18-16-19(31)11-14-25(18,4)23(20)12-15-26(21,22)5/h10,13,17-23,31H,6-9,11-12,14-16H2,1-5H3/b13-10+/t17?,18-,19-,20?,21?,22?,23?,25+,26-/m1/s1. The summed E-state index contributed by atoms with van der Waals surface area (Å²) < 4.78 is 40.0. The molecule has 0 radical (unpaired) electrons. The maximum absolute atomic E-state index is 13.3. The Morgan fingerprint density at radius 2 is 1.55 bits per heavy atom. The topological polar surface area (TPSA) is 20.2 Å². The predicted octanol–water partition coefficient (Wildman–Crippen LogP) is 7.79. The molecular formula is C27H43F3O. The molecule has 178 valence electrons. The van der Waals surface area contributed by atoms with Crippen molar-refractivity contribution in [2.24, 2.45) is 51.8 Å². The Morgan fingerprint density at radius 1 is 0.903 bits per heavy atom. The van der Waals surface area contributed by atoms with Crippen LogP contribution in [0.15, 0.2) is 12.2 Å². The zero-order chi connectivity index (χ0) is 22.8. The van der Waals surface area contributed by atoms with Crippen LogP contribution in [0.5, 0.6) is 0 Å². The van der Waals surface area contributed by atoms with Crippen LogP contribution < -0.4 is 0 Å². The molecular weight excluding hydrogens is 397 g/mol. The third-order valence-electron chi connectivity index (χ3n) is 10.9. The van der Waals surface area contributed by atoms with E-state index in [-0.39, 0.29) is 17.4 Å². The number of hydrogen-bond acceptors (Lipinski definition) is 1. The van der Waals surface area contributed by atoms with Crippen LogP contribution in [0.4, 0.5) is 13.2 Å². The quantitative estimate of drug-likeness (QED) is 0.444. The lowest BCUT2D eigenvalue weighted by molar-refractivity contribution is -0.193. The van der Waals surface area contributed by atoms with Gasteiger partial charge in [0.25, 0.3) is 0 Å². The van der Waals surface area contributed by atoms with E-state index in [0.29, 0.717) is 23.2 Å². The van der Waals surface area contributed by atoms with Gasteiger partial charge in [0.2, 0.25) is 0 Å². The number of alkyl halides is 3. The number of allylic oxidation sites excluding steroid dienone is 2. The second-order valence-electron chi connectivity index (χ2n) is 12.8. The van der Waals surface area contributed by atoms with Gasteiger partial charge >= 0.3 is 6.18 Å². The monoisotopic (exact) mass is 440 g/mol. The van der Waals surface area contributed by atoms with Gasteiger partial charge in [0, 0.05) is 0 Å². The molecule has 0 aromatic rings. The van der Waals surface area contributed by atoms with Crippen LogP contribution in [-0.2, 0) is 0 Å². The second kappa shape index (κ2) is 7.77. The summed E-state index contributed by atoms with van der Waals surface area (Å²) in [4.78, 5) is 0. The molecule has 4 fully saturated rings. The molecule has 0 aromatic carbocycles. The summed E-state index contributed by atoms with van der Waals surface area (Å²) in [6, 6.07) is 0. The minimum absolute atomic E-state index is 0.104. The van der Waals surface area contributed by atoms with Gasteiger partial charge in [0.05, 0.1) is 11.5 Å². The molecule has 4 heteroatoms. The molecule has 0 amide bonds. The van der Waals surface area contributed by atoms with Gasteiger partial charge in [-0.1, -0.05) is 32.9 Å². The molecule has 4 aliphatic rings. The first kappa shape index (κ1) is 23.6. The van der Waals surface area contributed by atoms with E-state index >= 15 is 0 Å². The Bertz CT molecular complexity index is 697. The fourth-order valence-corrected chi connectivity index (χ4v) is 8.76. The van der Waals surface area contributed by atoms with Crippen molar-refractivity contribution in [2.45, 2.75) is 105 Å². The molecule has 0 aliphatic heterocycles. The minimum Gasteiger partial charge on any atom is -0.393 e. The number of rotatable bonds is 3. The van der Waals surface area contributed by atoms with Gasteiger partial charge < -0.3 is 5.11 Å². The number of halogens is 3. The Balaban J connectivity index is 1.51. The van der Waals surface area contributed by atoms with Gasteiger partial charge in [0.1, 0.15) is 0 Å².